The van der Waals surface area contributed by atoms with Gasteiger partial charge >= 0.3 is 19.8 Å². The minimum Gasteiger partial charge on any atom is -0.506 e. The Labute approximate surface area is 211 Å². The van der Waals surface area contributed by atoms with Crippen LogP contribution in [0.5, 0.6) is 5.75 Å². The number of aliphatic hydroxyl groups is 1. The number of ether oxygens (including phenoxy) is 2. The predicted molar refractivity (Wildman–Crippen MR) is 128 cm³/mol. The number of phenolic OH excluding ortho intramolecular Hbond substituents is 1. The van der Waals surface area contributed by atoms with Crippen LogP contribution in [0.15, 0.2) is 46.1 Å². The minimum absolute atomic E-state index is 0.0346. The third kappa shape index (κ3) is 4.79. The molecule has 14 heteroatoms. The van der Waals surface area contributed by atoms with Crippen LogP contribution in [0, 0.1) is 0 Å². The van der Waals surface area contributed by atoms with Crippen LogP contribution >= 0.6 is 8.18 Å². The van der Waals surface area contributed by atoms with Crippen molar-refractivity contribution in [3.63, 3.8) is 0 Å². The monoisotopic (exact) mass is 540 g/mol. The Morgan fingerprint density at radius 1 is 1.30 bits per heavy atom. The van der Waals surface area contributed by atoms with Gasteiger partial charge in [-0.1, -0.05) is 12.1 Å². The highest BCUT2D eigenvalue weighted by Gasteiger charge is 2.77. The van der Waals surface area contributed by atoms with E-state index in [1.165, 1.54) is 19.1 Å². The Bertz CT molecular complexity index is 1330. The second kappa shape index (κ2) is 9.64. The highest BCUT2D eigenvalue weighted by Crippen LogP contribution is 2.61. The maximum atomic E-state index is 15.7. The molecule has 0 amide bonds. The summed E-state index contributed by atoms with van der Waals surface area (Å²) >= 11 is 0. The number of hydrogen-bond acceptors (Lipinski definition) is 9. The van der Waals surface area contributed by atoms with Gasteiger partial charge in [-0.3, -0.25) is 14.3 Å². The summed E-state index contributed by atoms with van der Waals surface area (Å²) in [6, 6.07) is 5.75. The highest BCUT2D eigenvalue weighted by atomic mass is 31.1. The van der Waals surface area contributed by atoms with Crippen LogP contribution in [-0.4, -0.2) is 61.4 Å². The van der Waals surface area contributed by atoms with Crippen molar-refractivity contribution in [2.45, 2.75) is 76.0 Å². The molecule has 1 saturated heterocycles. The Morgan fingerprint density at radius 3 is 2.59 bits per heavy atom. The number of H-pyrrole nitrogens is 1. The van der Waals surface area contributed by atoms with Crippen LogP contribution in [0.1, 0.15) is 40.3 Å². The second-order valence-electron chi connectivity index (χ2n) is 9.53. The fourth-order valence-corrected chi connectivity index (χ4v) is 5.69. The normalized spacial score (nSPS) is 29.8. The maximum absolute atomic E-state index is 15.7. The van der Waals surface area contributed by atoms with Crippen LogP contribution in [0.2, 0.25) is 0 Å². The number of halogens is 1. The summed E-state index contributed by atoms with van der Waals surface area (Å²) in [5, 5.41) is 21.2. The van der Waals surface area contributed by atoms with Gasteiger partial charge in [0.15, 0.2) is 24.0 Å². The Balaban J connectivity index is 1.59. The number of phenols is 1. The van der Waals surface area contributed by atoms with Crippen LogP contribution in [0.25, 0.3) is 0 Å². The van der Waals surface area contributed by atoms with E-state index in [4.69, 9.17) is 14.0 Å². The summed E-state index contributed by atoms with van der Waals surface area (Å²) in [6.07, 6.45) is -3.93. The molecule has 2 fully saturated rings. The molecule has 2 heterocycles. The number of aromatic hydroxyl groups is 1. The van der Waals surface area contributed by atoms with Crippen LogP contribution in [-0.2, 0) is 23.4 Å². The average molecular weight is 540 g/mol. The fourth-order valence-electron chi connectivity index (χ4n) is 4.40. The van der Waals surface area contributed by atoms with Crippen molar-refractivity contribution in [1.82, 2.24) is 9.55 Å². The first-order valence-electron chi connectivity index (χ1n) is 11.6. The lowest BCUT2D eigenvalue weighted by molar-refractivity contribution is -0.148. The summed E-state index contributed by atoms with van der Waals surface area (Å²) in [5.41, 5.74) is -5.70. The van der Waals surface area contributed by atoms with Gasteiger partial charge in [0, 0.05) is 18.7 Å². The quantitative estimate of drug-likeness (QED) is 0.333. The zero-order valence-corrected chi connectivity index (χ0v) is 21.4. The van der Waals surface area contributed by atoms with E-state index in [-0.39, 0.29) is 17.9 Å². The largest absolute Gasteiger partial charge is 0.647 e. The number of para-hydroxylation sites is 2. The number of hydrogen-bond donors (Lipinski definition) is 3. The number of nitrogens with one attached hydrogen (secondary N) is 1. The Kier molecular flexibility index (Phi) is 7.02. The van der Waals surface area contributed by atoms with Gasteiger partial charge in [0.1, 0.15) is 23.1 Å². The molecule has 1 aliphatic carbocycles. The standard InChI is InChI=1S/C23H27FN3O9P/c1-12(2)34-18(30)13(3)27(14-7-5-6-8-15(14)28)37(33)36-16-11-23(16)19(31)22(4,24)20(35-23)26-10-9-17(29)25-21(26)32/h5-10,12-13,16,19-20,31H,11H2,1-4H3,(H-,25,28,29,32)/p+1. The molecule has 7 atom stereocenters. The van der Waals surface area contributed by atoms with E-state index in [1.54, 1.807) is 26.0 Å². The van der Waals surface area contributed by atoms with Crippen LogP contribution < -0.4 is 15.9 Å². The van der Waals surface area contributed by atoms with Gasteiger partial charge in [-0.15, -0.1) is 9.19 Å². The number of rotatable bonds is 8. The zero-order chi connectivity index (χ0) is 27.3. The number of carbonyl (C=O) groups excluding carboxylic acids is 1. The SMILES string of the molecule is CC(C)OC(=O)C(C)N(c1ccccc1O)[P+](=O)OC1CC12OC(n1ccc(=O)[nH]c1=O)C(C)(F)C2O. The van der Waals surface area contributed by atoms with E-state index in [2.05, 4.69) is 0 Å². The lowest BCUT2D eigenvalue weighted by Crippen LogP contribution is -2.44. The van der Waals surface area contributed by atoms with E-state index >= 15 is 4.39 Å². The molecular weight excluding hydrogens is 512 g/mol. The molecular formula is C23H28FN3O9P+. The number of alkyl halides is 1. The molecule has 0 radical (unpaired) electrons. The molecule has 200 valence electrons. The van der Waals surface area contributed by atoms with E-state index in [0.29, 0.717) is 0 Å². The number of benzene rings is 1. The molecule has 1 saturated carbocycles. The van der Waals surface area contributed by atoms with Crippen LogP contribution in [0.3, 0.4) is 0 Å². The second-order valence-corrected chi connectivity index (χ2v) is 10.6. The first-order valence-corrected chi connectivity index (χ1v) is 12.7. The molecule has 12 nitrogen and oxygen atoms in total. The zero-order valence-electron chi connectivity index (χ0n) is 20.5. The number of anilines is 1. The Morgan fingerprint density at radius 2 is 1.97 bits per heavy atom. The molecule has 2 aromatic rings. The molecule has 37 heavy (non-hydrogen) atoms. The first kappa shape index (κ1) is 26.9. The number of esters is 1. The lowest BCUT2D eigenvalue weighted by Gasteiger charge is -2.24. The van der Waals surface area contributed by atoms with Crippen molar-refractivity contribution in [1.29, 1.82) is 0 Å². The van der Waals surface area contributed by atoms with Crippen molar-refractivity contribution in [3.8, 4) is 5.75 Å². The van der Waals surface area contributed by atoms with Gasteiger partial charge in [-0.25, -0.2) is 14.0 Å². The van der Waals surface area contributed by atoms with Gasteiger partial charge in [0.25, 0.3) is 5.56 Å². The first-order chi connectivity index (χ1) is 17.3. The maximum Gasteiger partial charge on any atom is 0.647 e. The molecule has 7 unspecified atom stereocenters. The average Bonchev–Trinajstić information content (AvgIpc) is 3.46. The lowest BCUT2D eigenvalue weighted by atomic mass is 9.97. The molecule has 3 N–H and O–H groups in total. The fraction of sp³-hybridized carbons (Fsp3) is 0.522. The molecule has 0 bridgehead atoms. The third-order valence-corrected chi connectivity index (χ3v) is 7.73. The number of aromatic nitrogens is 2. The summed E-state index contributed by atoms with van der Waals surface area (Å²) < 4.78 is 47.6. The van der Waals surface area contributed by atoms with E-state index in [1.807, 2.05) is 4.98 Å². The topological polar surface area (TPSA) is 160 Å². The highest BCUT2D eigenvalue weighted by molar-refractivity contribution is 7.41. The number of carbonyl (C=O) groups is 1. The third-order valence-electron chi connectivity index (χ3n) is 6.39. The van der Waals surface area contributed by atoms with Crippen molar-refractivity contribution < 1.29 is 38.0 Å². The number of aromatic amines is 1. The molecule has 4 rings (SSSR count). The summed E-state index contributed by atoms with van der Waals surface area (Å²) in [5.74, 6) is -0.989. The van der Waals surface area contributed by atoms with Gasteiger partial charge < -0.3 is 19.7 Å². The van der Waals surface area contributed by atoms with E-state index < -0.39 is 67.2 Å². The molecule has 1 aromatic heterocycles. The summed E-state index contributed by atoms with van der Waals surface area (Å²) in [6.45, 7) is 5.77. The van der Waals surface area contributed by atoms with Gasteiger partial charge in [-0.2, -0.15) is 0 Å². The van der Waals surface area contributed by atoms with E-state index in [9.17, 15) is 29.2 Å². The smallest absolute Gasteiger partial charge is 0.506 e. The van der Waals surface area contributed by atoms with Crippen molar-refractivity contribution >= 4 is 19.8 Å². The van der Waals surface area contributed by atoms with Crippen molar-refractivity contribution in [2.75, 3.05) is 4.67 Å². The van der Waals surface area contributed by atoms with E-state index in [0.717, 1.165) is 28.4 Å². The summed E-state index contributed by atoms with van der Waals surface area (Å²) in [4.78, 5) is 38.3. The summed E-state index contributed by atoms with van der Waals surface area (Å²) in [7, 11) is -2.89. The molecule has 1 spiro atoms. The van der Waals surface area contributed by atoms with Gasteiger partial charge in [0.2, 0.25) is 0 Å². The van der Waals surface area contributed by atoms with Gasteiger partial charge in [-0.05, 0) is 44.4 Å². The minimum atomic E-state index is -2.89. The molecule has 1 aromatic carbocycles. The van der Waals surface area contributed by atoms with Gasteiger partial charge in [0.05, 0.1) is 6.10 Å². The number of nitrogens with zero attached hydrogens (tertiary/aromatic N) is 2. The predicted octanol–water partition coefficient (Wildman–Crippen LogP) is 1.89. The van der Waals surface area contributed by atoms with Crippen LogP contribution in [0.4, 0.5) is 10.1 Å². The molecule has 2 aliphatic rings. The Hall–Kier alpha value is -3.12. The molecule has 1 aliphatic heterocycles. The number of aliphatic hydroxyl groups excluding tert-OH is 1. The van der Waals surface area contributed by atoms with Crippen molar-refractivity contribution in [2.24, 2.45) is 0 Å². The van der Waals surface area contributed by atoms with Crippen molar-refractivity contribution in [3.05, 3.63) is 57.4 Å².